The van der Waals surface area contributed by atoms with Crippen LogP contribution in [0.15, 0.2) is 41.4 Å². The Hall–Kier alpha value is -3.35. The summed E-state index contributed by atoms with van der Waals surface area (Å²) >= 11 is 0. The van der Waals surface area contributed by atoms with Gasteiger partial charge in [-0.25, -0.2) is 4.99 Å². The smallest absolute Gasteiger partial charge is 0.251 e. The van der Waals surface area contributed by atoms with E-state index >= 15 is 0 Å². The average Bonchev–Trinajstić information content (AvgIpc) is 3.58. The molecule has 6 bridgehead atoms. The zero-order valence-corrected chi connectivity index (χ0v) is 22.1. The van der Waals surface area contributed by atoms with Gasteiger partial charge in [-0.3, -0.25) is 14.5 Å². The molecule has 4 atom stereocenters. The van der Waals surface area contributed by atoms with Gasteiger partial charge in [0.1, 0.15) is 5.75 Å². The molecule has 7 heteroatoms. The van der Waals surface area contributed by atoms with Crippen LogP contribution < -0.4 is 15.8 Å². The van der Waals surface area contributed by atoms with Crippen LogP contribution in [0.3, 0.4) is 0 Å². The number of fused-ring (bicyclic) bond motifs is 3. The molecule has 37 heavy (non-hydrogen) atoms. The van der Waals surface area contributed by atoms with Crippen molar-refractivity contribution in [2.45, 2.75) is 83.8 Å². The van der Waals surface area contributed by atoms with Gasteiger partial charge in [0.25, 0.3) is 5.91 Å². The van der Waals surface area contributed by atoms with Crippen molar-refractivity contribution in [3.8, 4) is 5.75 Å². The van der Waals surface area contributed by atoms with Crippen LogP contribution in [0.1, 0.15) is 97.4 Å². The predicted molar refractivity (Wildman–Crippen MR) is 145 cm³/mol. The molecule has 3 heterocycles. The number of rotatable bonds is 2. The third-order valence-corrected chi connectivity index (χ3v) is 8.03. The Labute approximate surface area is 219 Å². The molecule has 5 aliphatic rings. The second-order valence-electron chi connectivity index (χ2n) is 10.3. The van der Waals surface area contributed by atoms with Crippen molar-refractivity contribution in [1.82, 2.24) is 10.2 Å². The first-order valence-corrected chi connectivity index (χ1v) is 13.8. The molecule has 2 aromatic carbocycles. The van der Waals surface area contributed by atoms with Gasteiger partial charge in [-0.05, 0) is 85.8 Å². The summed E-state index contributed by atoms with van der Waals surface area (Å²) in [6.45, 7) is 6.64. The Morgan fingerprint density at radius 1 is 1.08 bits per heavy atom. The second kappa shape index (κ2) is 10.6. The summed E-state index contributed by atoms with van der Waals surface area (Å²) in [7, 11) is 0. The summed E-state index contributed by atoms with van der Waals surface area (Å²) in [5.74, 6) is 1.94. The molecule has 7 nitrogen and oxygen atoms in total. The van der Waals surface area contributed by atoms with Gasteiger partial charge in [-0.2, -0.15) is 0 Å². The number of guanidine groups is 1. The van der Waals surface area contributed by atoms with Crippen LogP contribution in [-0.4, -0.2) is 35.3 Å². The molecule has 0 spiro atoms. The Bertz CT molecular complexity index is 1220. The van der Waals surface area contributed by atoms with Crippen LogP contribution in [0.25, 0.3) is 0 Å². The molecule has 7 rings (SSSR count). The summed E-state index contributed by atoms with van der Waals surface area (Å²) in [5, 5.41) is 3.26. The Balaban J connectivity index is 0.00000137. The minimum atomic E-state index is -0.116. The van der Waals surface area contributed by atoms with Crippen molar-refractivity contribution in [3.63, 3.8) is 0 Å². The number of hydrogen-bond donors (Lipinski definition) is 2. The van der Waals surface area contributed by atoms with Crippen LogP contribution >= 0.6 is 0 Å². The molecule has 0 saturated heterocycles. The molecule has 2 aliphatic carbocycles. The quantitative estimate of drug-likeness (QED) is 0.614. The first-order valence-electron chi connectivity index (χ1n) is 13.8. The maximum absolute atomic E-state index is 13.3. The molecule has 1 saturated carbocycles. The summed E-state index contributed by atoms with van der Waals surface area (Å²) in [5.41, 5.74) is 11.6. The van der Waals surface area contributed by atoms with Crippen molar-refractivity contribution in [1.29, 1.82) is 0 Å². The highest BCUT2D eigenvalue weighted by Crippen LogP contribution is 2.51. The Morgan fingerprint density at radius 3 is 2.70 bits per heavy atom. The standard InChI is InChI=1S/C28H32N4O3.C2H6/c1-2-35-25-10-7-19-11-20(25)15-32-26(33)14-21(30-28(32)29)8-5-18-12-22(18)17-4-3-16-6-9-24(23(16)13-17)31-27(19)34;1-2/h3-4,7,10-11,13,18,21-22,24H,2,5-6,8-9,12,14-15H2,1H3,(H2,29,30)(H,31,34);1-2H3. The largest absolute Gasteiger partial charge is 0.494 e. The monoisotopic (exact) mass is 502 g/mol. The van der Waals surface area contributed by atoms with E-state index in [2.05, 4.69) is 28.5 Å². The van der Waals surface area contributed by atoms with E-state index in [1.807, 2.05) is 32.9 Å². The summed E-state index contributed by atoms with van der Waals surface area (Å²) in [4.78, 5) is 32.6. The lowest BCUT2D eigenvalue weighted by Gasteiger charge is -2.29. The number of nitrogens with one attached hydrogen (secondary N) is 1. The fourth-order valence-corrected chi connectivity index (χ4v) is 6.01. The lowest BCUT2D eigenvalue weighted by atomic mass is 9.98. The molecular weight excluding hydrogens is 464 g/mol. The summed E-state index contributed by atoms with van der Waals surface area (Å²) < 4.78 is 5.81. The number of nitrogens with zero attached hydrogens (tertiary/aromatic N) is 2. The van der Waals surface area contributed by atoms with Crippen LogP contribution in [-0.2, 0) is 17.8 Å². The van der Waals surface area contributed by atoms with Gasteiger partial charge in [0.2, 0.25) is 5.91 Å². The molecule has 3 aliphatic heterocycles. The normalized spacial score (nSPS) is 26.1. The fourth-order valence-electron chi connectivity index (χ4n) is 6.01. The minimum Gasteiger partial charge on any atom is -0.494 e. The molecule has 4 unspecified atom stereocenters. The zero-order chi connectivity index (χ0) is 26.1. The lowest BCUT2D eigenvalue weighted by Crippen LogP contribution is -2.46. The first kappa shape index (κ1) is 25.3. The first-order chi connectivity index (χ1) is 18.0. The summed E-state index contributed by atoms with van der Waals surface area (Å²) in [6, 6.07) is 12.2. The third-order valence-electron chi connectivity index (χ3n) is 8.03. The van der Waals surface area contributed by atoms with Gasteiger partial charge in [0.15, 0.2) is 5.96 Å². The maximum Gasteiger partial charge on any atom is 0.251 e. The number of carbonyl (C=O) groups excluding carboxylic acids is 2. The van der Waals surface area contributed by atoms with Crippen molar-refractivity contribution >= 4 is 17.8 Å². The summed E-state index contributed by atoms with van der Waals surface area (Å²) in [6.07, 6.45) is 5.37. The topological polar surface area (TPSA) is 97.0 Å². The highest BCUT2D eigenvalue weighted by atomic mass is 16.5. The van der Waals surface area contributed by atoms with Gasteiger partial charge < -0.3 is 15.8 Å². The van der Waals surface area contributed by atoms with Gasteiger partial charge in [0.05, 0.1) is 25.2 Å². The molecule has 3 N–H and O–H groups in total. The Morgan fingerprint density at radius 2 is 1.92 bits per heavy atom. The van der Waals surface area contributed by atoms with E-state index in [0.717, 1.165) is 31.2 Å². The van der Waals surface area contributed by atoms with Gasteiger partial charge in [-0.1, -0.05) is 32.0 Å². The molecular formula is C30H38N4O3. The second-order valence-corrected chi connectivity index (χ2v) is 10.3. The molecule has 1 fully saturated rings. The fraction of sp³-hybridized carbons (Fsp3) is 0.500. The number of aryl methyl sites for hydroxylation is 1. The number of nitrogens with two attached hydrogens (primary N) is 1. The highest BCUT2D eigenvalue weighted by molar-refractivity contribution is 5.99. The van der Waals surface area contributed by atoms with Gasteiger partial charge in [0, 0.05) is 17.5 Å². The zero-order valence-electron chi connectivity index (χ0n) is 22.1. The lowest BCUT2D eigenvalue weighted by molar-refractivity contribution is -0.129. The van der Waals surface area contributed by atoms with Crippen molar-refractivity contribution < 1.29 is 14.3 Å². The van der Waals surface area contributed by atoms with E-state index in [1.54, 1.807) is 6.07 Å². The van der Waals surface area contributed by atoms with Crippen LogP contribution in [0.2, 0.25) is 0 Å². The number of ether oxygens (including phenoxy) is 1. The van der Waals surface area contributed by atoms with Crippen LogP contribution in [0, 0.1) is 5.92 Å². The predicted octanol–water partition coefficient (Wildman–Crippen LogP) is 4.84. The molecule has 0 radical (unpaired) electrons. The third kappa shape index (κ3) is 5.09. The van der Waals surface area contributed by atoms with E-state index in [-0.39, 0.29) is 36.4 Å². The van der Waals surface area contributed by atoms with E-state index in [0.29, 0.717) is 36.2 Å². The van der Waals surface area contributed by atoms with Crippen molar-refractivity contribution in [2.75, 3.05) is 6.61 Å². The van der Waals surface area contributed by atoms with Crippen molar-refractivity contribution in [3.05, 3.63) is 64.2 Å². The number of hydrogen-bond acceptors (Lipinski definition) is 5. The van der Waals surface area contributed by atoms with Crippen molar-refractivity contribution in [2.24, 2.45) is 16.6 Å². The molecule has 0 aromatic heterocycles. The van der Waals surface area contributed by atoms with E-state index in [1.165, 1.54) is 28.0 Å². The van der Waals surface area contributed by atoms with Gasteiger partial charge >= 0.3 is 0 Å². The molecule has 196 valence electrons. The van der Waals surface area contributed by atoms with E-state index < -0.39 is 0 Å². The number of amides is 2. The van der Waals surface area contributed by atoms with Crippen LogP contribution in [0.4, 0.5) is 0 Å². The number of aliphatic imine (C=N–C) groups is 1. The molecule has 2 amide bonds. The molecule has 2 aromatic rings. The van der Waals surface area contributed by atoms with Crippen LogP contribution in [0.5, 0.6) is 5.75 Å². The minimum absolute atomic E-state index is 0.0210. The highest BCUT2D eigenvalue weighted by Gasteiger charge is 2.40. The van der Waals surface area contributed by atoms with E-state index in [4.69, 9.17) is 10.5 Å². The van der Waals surface area contributed by atoms with E-state index in [9.17, 15) is 9.59 Å². The SMILES string of the molecule is CC.CCOc1ccc2cc1CN1C(=O)CC(CCC3CC3c3ccc4c(c3)C(CC4)NC2=O)N=C1N. The number of benzene rings is 2. The maximum atomic E-state index is 13.3. The number of carbonyl (C=O) groups is 2. The Kier molecular flexibility index (Phi) is 7.22. The average molecular weight is 503 g/mol. The van der Waals surface area contributed by atoms with Gasteiger partial charge in [-0.15, -0.1) is 0 Å².